The number of benzene rings is 1. The van der Waals surface area contributed by atoms with Crippen LogP contribution in [0.1, 0.15) is 18.9 Å². The third-order valence-corrected chi connectivity index (χ3v) is 2.88. The molecule has 0 fully saturated rings. The number of aryl methyl sites for hydroxylation is 2. The van der Waals surface area contributed by atoms with Crippen LogP contribution < -0.4 is 5.32 Å². The van der Waals surface area contributed by atoms with E-state index in [9.17, 15) is 0 Å². The molecule has 1 aromatic carbocycles. The van der Waals surface area contributed by atoms with Crippen molar-refractivity contribution in [3.63, 3.8) is 0 Å². The lowest BCUT2D eigenvalue weighted by molar-refractivity contribution is 0.964. The zero-order chi connectivity index (χ0) is 13.1. The van der Waals surface area contributed by atoms with Gasteiger partial charge < -0.3 is 9.88 Å². The minimum absolute atomic E-state index is 0.673. The third kappa shape index (κ3) is 2.45. The average Bonchev–Trinajstić information content (AvgIpc) is 2.68. The molecule has 0 aliphatic rings. The number of hydrogen-bond donors (Lipinski definition) is 1. The van der Waals surface area contributed by atoms with Crippen molar-refractivity contribution >= 4 is 22.8 Å². The highest BCUT2D eigenvalue weighted by molar-refractivity contribution is 5.87. The summed E-state index contributed by atoms with van der Waals surface area (Å²) in [7, 11) is 2.06. The van der Waals surface area contributed by atoms with Gasteiger partial charge in [0.25, 0.3) is 0 Å². The molecule has 0 bridgehead atoms. The van der Waals surface area contributed by atoms with Gasteiger partial charge in [-0.3, -0.25) is 0 Å². The number of aromatic nitrogens is 1. The highest BCUT2D eigenvalue weighted by Crippen LogP contribution is 2.24. The first kappa shape index (κ1) is 12.4. The second-order valence-electron chi connectivity index (χ2n) is 4.45. The Morgan fingerprint density at radius 2 is 2.28 bits per heavy atom. The maximum atomic E-state index is 4.22. The average molecular weight is 241 g/mol. The van der Waals surface area contributed by atoms with E-state index in [1.165, 1.54) is 16.5 Å². The number of nitrogens with zero attached hydrogens (tertiary/aromatic N) is 2. The van der Waals surface area contributed by atoms with Crippen molar-refractivity contribution in [2.24, 2.45) is 12.0 Å². The van der Waals surface area contributed by atoms with Crippen LogP contribution in [-0.4, -0.2) is 10.8 Å². The lowest BCUT2D eigenvalue weighted by Gasteiger charge is -2.08. The van der Waals surface area contributed by atoms with Gasteiger partial charge in [0.2, 0.25) is 0 Å². The molecule has 2 rings (SSSR count). The molecule has 3 heteroatoms. The zero-order valence-corrected chi connectivity index (χ0v) is 11.2. The van der Waals surface area contributed by atoms with Crippen molar-refractivity contribution in [3.05, 3.63) is 42.4 Å². The molecule has 0 atom stereocenters. The van der Waals surface area contributed by atoms with Gasteiger partial charge >= 0.3 is 0 Å². The molecule has 0 aliphatic heterocycles. The fraction of sp³-hybridized carbons (Fsp3) is 0.267. The van der Waals surface area contributed by atoms with Gasteiger partial charge in [0.1, 0.15) is 5.82 Å². The summed E-state index contributed by atoms with van der Waals surface area (Å²) in [5.74, 6) is 0.673. The minimum atomic E-state index is 0.673. The Labute approximate surface area is 108 Å². The maximum absolute atomic E-state index is 4.22. The molecule has 3 nitrogen and oxygen atoms in total. The molecule has 0 saturated heterocycles. The van der Waals surface area contributed by atoms with Crippen molar-refractivity contribution in [1.29, 1.82) is 0 Å². The summed E-state index contributed by atoms with van der Waals surface area (Å²) in [5, 5.41) is 4.45. The number of aliphatic imine (C=N–C) groups is 1. The molecule has 0 unspecified atom stereocenters. The van der Waals surface area contributed by atoms with Crippen LogP contribution >= 0.6 is 0 Å². The fourth-order valence-corrected chi connectivity index (χ4v) is 2.15. The van der Waals surface area contributed by atoms with E-state index in [2.05, 4.69) is 66.7 Å². The summed E-state index contributed by atoms with van der Waals surface area (Å²) >= 11 is 0. The predicted octanol–water partition coefficient (Wildman–Crippen LogP) is 3.85. The minimum Gasteiger partial charge on any atom is -0.350 e. The monoisotopic (exact) mass is 241 g/mol. The maximum Gasteiger partial charge on any atom is 0.122 e. The van der Waals surface area contributed by atoms with Gasteiger partial charge in [-0.1, -0.05) is 13.5 Å². The fourth-order valence-electron chi connectivity index (χ4n) is 2.15. The van der Waals surface area contributed by atoms with E-state index in [0.29, 0.717) is 5.82 Å². The SMILES string of the molecule is C=C(/N=C\CC)Nc1cc(C)c2c(ccn2C)c1. The lowest BCUT2D eigenvalue weighted by Crippen LogP contribution is -1.97. The zero-order valence-electron chi connectivity index (χ0n) is 11.2. The summed E-state index contributed by atoms with van der Waals surface area (Å²) in [6, 6.07) is 6.36. The van der Waals surface area contributed by atoms with Crippen LogP contribution in [0.5, 0.6) is 0 Å². The molecule has 94 valence electrons. The molecule has 1 aromatic heterocycles. The summed E-state index contributed by atoms with van der Waals surface area (Å²) in [6.07, 6.45) is 4.84. The Balaban J connectivity index is 2.30. The van der Waals surface area contributed by atoms with Crippen molar-refractivity contribution in [2.75, 3.05) is 5.32 Å². The lowest BCUT2D eigenvalue weighted by atomic mass is 10.1. The van der Waals surface area contributed by atoms with Gasteiger partial charge in [0.05, 0.1) is 5.52 Å². The highest BCUT2D eigenvalue weighted by atomic mass is 15.0. The van der Waals surface area contributed by atoms with Crippen molar-refractivity contribution in [3.8, 4) is 0 Å². The van der Waals surface area contributed by atoms with Crippen LogP contribution in [0.4, 0.5) is 5.69 Å². The molecule has 0 saturated carbocycles. The number of anilines is 1. The Kier molecular flexibility index (Phi) is 3.51. The molecular weight excluding hydrogens is 222 g/mol. The van der Waals surface area contributed by atoms with Gasteiger partial charge in [-0.15, -0.1) is 0 Å². The van der Waals surface area contributed by atoms with Crippen molar-refractivity contribution in [1.82, 2.24) is 4.57 Å². The Bertz CT molecular complexity index is 605. The first-order chi connectivity index (χ1) is 8.61. The van der Waals surface area contributed by atoms with Crippen molar-refractivity contribution in [2.45, 2.75) is 20.3 Å². The molecule has 1 heterocycles. The van der Waals surface area contributed by atoms with Gasteiger partial charge in [-0.2, -0.15) is 0 Å². The van der Waals surface area contributed by atoms with Crippen LogP contribution in [0.3, 0.4) is 0 Å². The van der Waals surface area contributed by atoms with E-state index < -0.39 is 0 Å². The van der Waals surface area contributed by atoms with E-state index in [4.69, 9.17) is 0 Å². The standard InChI is InChI=1S/C15H19N3/c1-5-7-16-12(3)17-14-9-11(2)15-13(10-14)6-8-18(15)4/h6-10,17H,3,5H2,1-2,4H3/b16-7-. The van der Waals surface area contributed by atoms with Gasteiger partial charge in [0, 0.05) is 30.5 Å². The van der Waals surface area contributed by atoms with Gasteiger partial charge in [-0.05, 0) is 37.1 Å². The van der Waals surface area contributed by atoms with Crippen LogP contribution in [0.15, 0.2) is 41.8 Å². The Hall–Kier alpha value is -2.03. The van der Waals surface area contributed by atoms with Crippen LogP contribution in [0.2, 0.25) is 0 Å². The summed E-state index contributed by atoms with van der Waals surface area (Å²) < 4.78 is 2.14. The molecule has 18 heavy (non-hydrogen) atoms. The molecule has 0 amide bonds. The molecule has 0 aliphatic carbocycles. The van der Waals surface area contributed by atoms with Crippen LogP contribution in [-0.2, 0) is 7.05 Å². The highest BCUT2D eigenvalue weighted by Gasteiger charge is 2.04. The van der Waals surface area contributed by atoms with Crippen LogP contribution in [0, 0.1) is 6.92 Å². The molecule has 0 radical (unpaired) electrons. The van der Waals surface area contributed by atoms with E-state index in [1.54, 1.807) is 0 Å². The number of nitrogens with one attached hydrogen (secondary N) is 1. The number of rotatable bonds is 4. The van der Waals surface area contributed by atoms with Crippen LogP contribution in [0.25, 0.3) is 10.9 Å². The second kappa shape index (κ2) is 5.08. The molecule has 1 N–H and O–H groups in total. The Morgan fingerprint density at radius 1 is 1.50 bits per heavy atom. The predicted molar refractivity (Wildman–Crippen MR) is 79.2 cm³/mol. The third-order valence-electron chi connectivity index (χ3n) is 2.88. The number of fused-ring (bicyclic) bond motifs is 1. The topological polar surface area (TPSA) is 29.3 Å². The molecular formula is C15H19N3. The van der Waals surface area contributed by atoms with E-state index in [1.807, 2.05) is 6.21 Å². The van der Waals surface area contributed by atoms with Crippen molar-refractivity contribution < 1.29 is 0 Å². The molecule has 2 aromatic rings. The first-order valence-corrected chi connectivity index (χ1v) is 6.16. The second-order valence-corrected chi connectivity index (χ2v) is 4.45. The quantitative estimate of drug-likeness (QED) is 0.809. The van der Waals surface area contributed by atoms with Gasteiger partial charge in [0.15, 0.2) is 0 Å². The summed E-state index contributed by atoms with van der Waals surface area (Å²) in [4.78, 5) is 4.22. The summed E-state index contributed by atoms with van der Waals surface area (Å²) in [6.45, 7) is 8.06. The smallest absolute Gasteiger partial charge is 0.122 e. The Morgan fingerprint density at radius 3 is 3.00 bits per heavy atom. The largest absolute Gasteiger partial charge is 0.350 e. The van der Waals surface area contributed by atoms with E-state index in [-0.39, 0.29) is 0 Å². The number of hydrogen-bond acceptors (Lipinski definition) is 2. The van der Waals surface area contributed by atoms with Gasteiger partial charge in [-0.25, -0.2) is 4.99 Å². The normalized spacial score (nSPS) is 11.3. The summed E-state index contributed by atoms with van der Waals surface area (Å²) in [5.41, 5.74) is 3.54. The first-order valence-electron chi connectivity index (χ1n) is 6.16. The van der Waals surface area contributed by atoms with E-state index in [0.717, 1.165) is 12.1 Å². The molecule has 0 spiro atoms. The van der Waals surface area contributed by atoms with E-state index >= 15 is 0 Å².